The van der Waals surface area contributed by atoms with Crippen LogP contribution in [-0.4, -0.2) is 15.2 Å². The van der Waals surface area contributed by atoms with Crippen molar-refractivity contribution in [1.82, 2.24) is 9.13 Å². The van der Waals surface area contributed by atoms with Gasteiger partial charge in [0.15, 0.2) is 0 Å². The molecule has 4 nitrogen and oxygen atoms in total. The largest absolute Gasteiger partial charge is 0.376 e. The Labute approximate surface area is 231 Å². The van der Waals surface area contributed by atoms with Gasteiger partial charge in [0, 0.05) is 39.0 Å². The van der Waals surface area contributed by atoms with Gasteiger partial charge in [-0.1, -0.05) is 78.9 Å². The van der Waals surface area contributed by atoms with E-state index in [1.165, 1.54) is 72.2 Å². The summed E-state index contributed by atoms with van der Waals surface area (Å²) < 4.78 is 5.12. The summed E-state index contributed by atoms with van der Waals surface area (Å²) in [6.45, 7) is 0. The Morgan fingerprint density at radius 3 is 2.27 bits per heavy atom. The molecule has 0 saturated carbocycles. The van der Waals surface area contributed by atoms with E-state index in [0.29, 0.717) is 5.92 Å². The predicted molar refractivity (Wildman–Crippen MR) is 165 cm³/mol. The minimum absolute atomic E-state index is 0.146. The van der Waals surface area contributed by atoms with Gasteiger partial charge in [0.25, 0.3) is 0 Å². The zero-order valence-electron chi connectivity index (χ0n) is 21.8. The lowest BCUT2D eigenvalue weighted by Crippen LogP contribution is -2.38. The van der Waals surface area contributed by atoms with Crippen LogP contribution in [0, 0.1) is 0 Å². The molecule has 0 bridgehead atoms. The lowest BCUT2D eigenvalue weighted by Gasteiger charge is -2.36. The van der Waals surface area contributed by atoms with Crippen molar-refractivity contribution >= 4 is 44.1 Å². The summed E-state index contributed by atoms with van der Waals surface area (Å²) in [7, 11) is 0. The molecule has 0 amide bonds. The molecule has 190 valence electrons. The molecule has 10 rings (SSSR count). The fourth-order valence-electron chi connectivity index (χ4n) is 8.02. The van der Waals surface area contributed by atoms with Gasteiger partial charge in [-0.2, -0.15) is 0 Å². The molecule has 3 aliphatic rings. The van der Waals surface area contributed by atoms with Gasteiger partial charge < -0.3 is 19.8 Å². The molecule has 0 radical (unpaired) electrons. The van der Waals surface area contributed by atoms with Gasteiger partial charge in [-0.25, -0.2) is 0 Å². The Balaban J connectivity index is 1.39. The standard InChI is InChI=1S/C36H26N4/c1-2-11-22(12-3-1)39-29-17-9-6-14-24(29)25-18-19-30-32(34(25)39)31-23-13-5-4-10-21(23)20-26-33-36(40(30)35(26)31)38-28-16-8-7-15-27(28)37-33/h1-19,26,33,36-38H,20H2. The van der Waals surface area contributed by atoms with E-state index in [2.05, 4.69) is 135 Å². The summed E-state index contributed by atoms with van der Waals surface area (Å²) in [5, 5.41) is 11.9. The van der Waals surface area contributed by atoms with E-state index < -0.39 is 0 Å². The molecule has 4 heterocycles. The molecule has 3 unspecified atom stereocenters. The lowest BCUT2D eigenvalue weighted by molar-refractivity contribution is 0.498. The molecule has 1 aliphatic carbocycles. The third kappa shape index (κ3) is 2.48. The van der Waals surface area contributed by atoms with Crippen molar-refractivity contribution < 1.29 is 0 Å². The van der Waals surface area contributed by atoms with Crippen LogP contribution in [0.25, 0.3) is 49.5 Å². The van der Waals surface area contributed by atoms with Crippen LogP contribution < -0.4 is 10.6 Å². The summed E-state index contributed by atoms with van der Waals surface area (Å²) >= 11 is 0. The smallest absolute Gasteiger partial charge is 0.125 e. The molecule has 40 heavy (non-hydrogen) atoms. The minimum atomic E-state index is 0.146. The van der Waals surface area contributed by atoms with E-state index in [1.807, 2.05) is 0 Å². The summed E-state index contributed by atoms with van der Waals surface area (Å²) in [5.41, 5.74) is 13.1. The van der Waals surface area contributed by atoms with E-state index >= 15 is 0 Å². The first-order valence-corrected chi connectivity index (χ1v) is 14.2. The van der Waals surface area contributed by atoms with Crippen molar-refractivity contribution in [2.75, 3.05) is 10.6 Å². The number of anilines is 2. The number of para-hydroxylation sites is 4. The number of nitrogens with zero attached hydrogens (tertiary/aromatic N) is 2. The third-order valence-corrected chi connectivity index (χ3v) is 9.54. The highest BCUT2D eigenvalue weighted by Crippen LogP contribution is 2.57. The molecule has 0 spiro atoms. The first-order valence-electron chi connectivity index (χ1n) is 14.2. The quantitative estimate of drug-likeness (QED) is 0.230. The molecular weight excluding hydrogens is 488 g/mol. The number of nitrogens with one attached hydrogen (secondary N) is 2. The molecule has 0 saturated heterocycles. The maximum Gasteiger partial charge on any atom is 0.125 e. The highest BCUT2D eigenvalue weighted by molar-refractivity contribution is 6.22. The second-order valence-electron chi connectivity index (χ2n) is 11.4. The SMILES string of the molecule is c1ccc(-n2c3ccccc3c3ccc4c(c5c6n4C4Nc7ccccc7NC4C6Cc4ccccc4-5)c32)cc1. The monoisotopic (exact) mass is 514 g/mol. The number of rotatable bonds is 1. The molecule has 2 aromatic heterocycles. The van der Waals surface area contributed by atoms with E-state index in [4.69, 9.17) is 0 Å². The minimum Gasteiger partial charge on any atom is -0.376 e. The van der Waals surface area contributed by atoms with Crippen LogP contribution in [0.5, 0.6) is 0 Å². The van der Waals surface area contributed by atoms with Gasteiger partial charge in [-0.15, -0.1) is 0 Å². The first-order chi connectivity index (χ1) is 19.9. The van der Waals surface area contributed by atoms with E-state index in [-0.39, 0.29) is 12.2 Å². The fraction of sp³-hybridized carbons (Fsp3) is 0.111. The molecule has 4 heteroatoms. The van der Waals surface area contributed by atoms with Crippen LogP contribution in [0.4, 0.5) is 11.4 Å². The molecule has 0 fully saturated rings. The summed E-state index contributed by atoms with van der Waals surface area (Å²) in [4.78, 5) is 0. The highest BCUT2D eigenvalue weighted by Gasteiger charge is 2.48. The number of fused-ring (bicyclic) bond motifs is 13. The highest BCUT2D eigenvalue weighted by atomic mass is 15.3. The average molecular weight is 515 g/mol. The Morgan fingerprint density at radius 2 is 1.38 bits per heavy atom. The number of aromatic nitrogens is 2. The Kier molecular flexibility index (Phi) is 3.85. The Bertz CT molecular complexity index is 2170. The summed E-state index contributed by atoms with van der Waals surface area (Å²) in [6, 6.07) is 42.5. The maximum absolute atomic E-state index is 3.96. The number of benzene rings is 5. The van der Waals surface area contributed by atoms with Gasteiger partial charge >= 0.3 is 0 Å². The van der Waals surface area contributed by atoms with Gasteiger partial charge in [0.2, 0.25) is 0 Å². The molecule has 2 aliphatic heterocycles. The first kappa shape index (κ1) is 20.9. The molecule has 5 aromatic carbocycles. The summed E-state index contributed by atoms with van der Waals surface area (Å²) in [6.07, 6.45) is 1.19. The zero-order valence-corrected chi connectivity index (χ0v) is 21.8. The van der Waals surface area contributed by atoms with Crippen LogP contribution >= 0.6 is 0 Å². The second-order valence-corrected chi connectivity index (χ2v) is 11.4. The lowest BCUT2D eigenvalue weighted by atomic mass is 9.78. The molecule has 7 aromatic rings. The van der Waals surface area contributed by atoms with Crippen molar-refractivity contribution in [2.45, 2.75) is 24.5 Å². The van der Waals surface area contributed by atoms with Gasteiger partial charge in [-0.05, 0) is 53.9 Å². The second kappa shape index (κ2) is 7.36. The third-order valence-electron chi connectivity index (χ3n) is 9.54. The van der Waals surface area contributed by atoms with Crippen LogP contribution in [0.2, 0.25) is 0 Å². The molecule has 3 atom stereocenters. The van der Waals surface area contributed by atoms with Crippen molar-refractivity contribution in [3.8, 4) is 16.8 Å². The van der Waals surface area contributed by atoms with Crippen LogP contribution in [0.1, 0.15) is 23.3 Å². The average Bonchev–Trinajstić information content (AvgIpc) is 3.64. The van der Waals surface area contributed by atoms with Crippen molar-refractivity contribution in [3.05, 3.63) is 127 Å². The van der Waals surface area contributed by atoms with Gasteiger partial charge in [0.1, 0.15) is 6.17 Å². The van der Waals surface area contributed by atoms with Crippen LogP contribution in [0.15, 0.2) is 115 Å². The topological polar surface area (TPSA) is 33.9 Å². The number of hydrogen-bond acceptors (Lipinski definition) is 2. The maximum atomic E-state index is 3.96. The van der Waals surface area contributed by atoms with Crippen molar-refractivity contribution in [2.24, 2.45) is 0 Å². The van der Waals surface area contributed by atoms with Crippen LogP contribution in [-0.2, 0) is 6.42 Å². The van der Waals surface area contributed by atoms with Crippen molar-refractivity contribution in [3.63, 3.8) is 0 Å². The van der Waals surface area contributed by atoms with Gasteiger partial charge in [-0.3, -0.25) is 0 Å². The van der Waals surface area contributed by atoms with E-state index in [9.17, 15) is 0 Å². The normalized spacial score (nSPS) is 20.1. The Hall–Kier alpha value is -4.96. The van der Waals surface area contributed by atoms with Crippen LogP contribution in [0.3, 0.4) is 0 Å². The predicted octanol–water partition coefficient (Wildman–Crippen LogP) is 8.46. The van der Waals surface area contributed by atoms with E-state index in [1.54, 1.807) is 0 Å². The summed E-state index contributed by atoms with van der Waals surface area (Å²) in [5.74, 6) is 0.382. The van der Waals surface area contributed by atoms with E-state index in [0.717, 1.165) is 6.42 Å². The molecular formula is C36H26N4. The zero-order chi connectivity index (χ0) is 25.9. The number of hydrogen-bond donors (Lipinski definition) is 2. The Morgan fingerprint density at radius 1 is 0.625 bits per heavy atom. The van der Waals surface area contributed by atoms with Gasteiger partial charge in [0.05, 0.1) is 34.0 Å². The molecule has 2 N–H and O–H groups in total. The fourth-order valence-corrected chi connectivity index (χ4v) is 8.02. The van der Waals surface area contributed by atoms with Crippen molar-refractivity contribution in [1.29, 1.82) is 0 Å².